The summed E-state index contributed by atoms with van der Waals surface area (Å²) in [5.74, 6) is -0.0740. The first kappa shape index (κ1) is 16.5. The van der Waals surface area contributed by atoms with Crippen LogP contribution in [0.2, 0.25) is 0 Å². The fourth-order valence-corrected chi connectivity index (χ4v) is 1.77. The van der Waals surface area contributed by atoms with Crippen LogP contribution >= 0.6 is 0 Å². The first-order valence-corrected chi connectivity index (χ1v) is 6.86. The number of amides is 1. The standard InChI is InChI=1S/C15H24N2O3/c1-12-13(6-5-7-14(12)16)15(18)17-8-3-4-9-20-11-10-19-2/h5-7H,3-4,8-11,16H2,1-2H3,(H,17,18). The third kappa shape index (κ3) is 5.59. The summed E-state index contributed by atoms with van der Waals surface area (Å²) in [6, 6.07) is 5.37. The Hall–Kier alpha value is -1.59. The van der Waals surface area contributed by atoms with Crippen LogP contribution in [-0.4, -0.2) is 39.4 Å². The molecule has 0 heterocycles. The summed E-state index contributed by atoms with van der Waals surface area (Å²) in [5.41, 5.74) is 7.90. The van der Waals surface area contributed by atoms with Crippen molar-refractivity contribution < 1.29 is 14.3 Å². The number of unbranched alkanes of at least 4 members (excludes halogenated alkanes) is 1. The second-order valence-electron chi connectivity index (χ2n) is 4.59. The summed E-state index contributed by atoms with van der Waals surface area (Å²) in [4.78, 5) is 12.0. The number of carbonyl (C=O) groups excluding carboxylic acids is 1. The molecule has 0 aliphatic rings. The van der Waals surface area contributed by atoms with Gasteiger partial charge in [-0.15, -0.1) is 0 Å². The third-order valence-electron chi connectivity index (χ3n) is 3.05. The lowest BCUT2D eigenvalue weighted by atomic mass is 10.1. The molecule has 0 saturated heterocycles. The zero-order valence-corrected chi connectivity index (χ0v) is 12.3. The number of benzene rings is 1. The molecule has 20 heavy (non-hydrogen) atoms. The van der Waals surface area contributed by atoms with Gasteiger partial charge in [0.2, 0.25) is 0 Å². The number of methoxy groups -OCH3 is 1. The Balaban J connectivity index is 2.19. The summed E-state index contributed by atoms with van der Waals surface area (Å²) < 4.78 is 10.2. The van der Waals surface area contributed by atoms with Crippen LogP contribution in [-0.2, 0) is 9.47 Å². The number of carbonyl (C=O) groups is 1. The highest BCUT2D eigenvalue weighted by molar-refractivity contribution is 5.96. The minimum absolute atomic E-state index is 0.0740. The zero-order valence-electron chi connectivity index (χ0n) is 12.3. The van der Waals surface area contributed by atoms with Gasteiger partial charge in [0.15, 0.2) is 0 Å². The van der Waals surface area contributed by atoms with Gasteiger partial charge in [-0.25, -0.2) is 0 Å². The van der Waals surface area contributed by atoms with Crippen molar-refractivity contribution in [2.75, 3.05) is 39.2 Å². The number of hydrogen-bond donors (Lipinski definition) is 2. The molecule has 1 rings (SSSR count). The van der Waals surface area contributed by atoms with E-state index in [0.29, 0.717) is 37.6 Å². The van der Waals surface area contributed by atoms with Crippen LogP contribution in [0, 0.1) is 6.92 Å². The van der Waals surface area contributed by atoms with Gasteiger partial charge < -0.3 is 20.5 Å². The molecule has 0 atom stereocenters. The van der Waals surface area contributed by atoms with Crippen molar-refractivity contribution in [3.8, 4) is 0 Å². The predicted molar refractivity (Wildman–Crippen MR) is 79.9 cm³/mol. The molecule has 0 bridgehead atoms. The number of hydrogen-bond acceptors (Lipinski definition) is 4. The molecule has 3 N–H and O–H groups in total. The van der Waals surface area contributed by atoms with E-state index in [1.54, 1.807) is 25.3 Å². The highest BCUT2D eigenvalue weighted by atomic mass is 16.5. The van der Waals surface area contributed by atoms with Gasteiger partial charge in [-0.3, -0.25) is 4.79 Å². The molecule has 1 amide bonds. The van der Waals surface area contributed by atoms with Gasteiger partial charge in [0.25, 0.3) is 5.91 Å². The van der Waals surface area contributed by atoms with Crippen LogP contribution < -0.4 is 11.1 Å². The fourth-order valence-electron chi connectivity index (χ4n) is 1.77. The number of nitrogen functional groups attached to an aromatic ring is 1. The average molecular weight is 280 g/mol. The summed E-state index contributed by atoms with van der Waals surface area (Å²) in [5, 5.41) is 2.89. The Labute approximate surface area is 120 Å². The van der Waals surface area contributed by atoms with Crippen LogP contribution in [0.3, 0.4) is 0 Å². The number of ether oxygens (including phenoxy) is 2. The third-order valence-corrected chi connectivity index (χ3v) is 3.05. The van der Waals surface area contributed by atoms with Crippen molar-refractivity contribution in [1.82, 2.24) is 5.32 Å². The monoisotopic (exact) mass is 280 g/mol. The number of rotatable bonds is 9. The minimum Gasteiger partial charge on any atom is -0.398 e. The van der Waals surface area contributed by atoms with Gasteiger partial charge in [0.1, 0.15) is 0 Å². The maximum atomic E-state index is 12.0. The van der Waals surface area contributed by atoms with Crippen molar-refractivity contribution in [1.29, 1.82) is 0 Å². The second-order valence-corrected chi connectivity index (χ2v) is 4.59. The van der Waals surface area contributed by atoms with E-state index >= 15 is 0 Å². The fraction of sp³-hybridized carbons (Fsp3) is 0.533. The van der Waals surface area contributed by atoms with E-state index in [9.17, 15) is 4.79 Å². The molecule has 0 aliphatic carbocycles. The van der Waals surface area contributed by atoms with E-state index in [0.717, 1.165) is 18.4 Å². The predicted octanol–water partition coefficient (Wildman–Crippen LogP) is 1.75. The Morgan fingerprint density at radius 3 is 2.80 bits per heavy atom. The normalized spacial score (nSPS) is 10.5. The smallest absolute Gasteiger partial charge is 0.251 e. The second kappa shape index (κ2) is 9.34. The van der Waals surface area contributed by atoms with Crippen LogP contribution in [0.4, 0.5) is 5.69 Å². The van der Waals surface area contributed by atoms with Gasteiger partial charge in [0.05, 0.1) is 13.2 Å². The van der Waals surface area contributed by atoms with E-state index in [2.05, 4.69) is 5.32 Å². The van der Waals surface area contributed by atoms with Crippen LogP contribution in [0.5, 0.6) is 0 Å². The molecule has 0 fully saturated rings. The maximum absolute atomic E-state index is 12.0. The van der Waals surface area contributed by atoms with Gasteiger partial charge >= 0.3 is 0 Å². The molecule has 0 spiro atoms. The van der Waals surface area contributed by atoms with E-state index in [-0.39, 0.29) is 5.91 Å². The molecule has 5 heteroatoms. The SMILES string of the molecule is COCCOCCCCNC(=O)c1cccc(N)c1C. The molecule has 0 saturated carbocycles. The first-order valence-electron chi connectivity index (χ1n) is 6.86. The Morgan fingerprint density at radius 1 is 1.25 bits per heavy atom. The molecule has 112 valence electrons. The highest BCUT2D eigenvalue weighted by Gasteiger charge is 2.09. The van der Waals surface area contributed by atoms with Crippen LogP contribution in [0.15, 0.2) is 18.2 Å². The van der Waals surface area contributed by atoms with Gasteiger partial charge in [-0.05, 0) is 37.5 Å². The molecule has 0 aliphatic heterocycles. The molecule has 0 unspecified atom stereocenters. The van der Waals surface area contributed by atoms with Gasteiger partial charge in [0, 0.05) is 31.5 Å². The summed E-state index contributed by atoms with van der Waals surface area (Å²) >= 11 is 0. The van der Waals surface area contributed by atoms with Gasteiger partial charge in [-0.1, -0.05) is 6.07 Å². The Kier molecular flexibility index (Phi) is 7.69. The molecule has 5 nitrogen and oxygen atoms in total. The van der Waals surface area contributed by atoms with E-state index in [1.807, 2.05) is 6.92 Å². The highest BCUT2D eigenvalue weighted by Crippen LogP contribution is 2.15. The molecule has 1 aromatic carbocycles. The molecular formula is C15H24N2O3. The quantitative estimate of drug-likeness (QED) is 0.534. The van der Waals surface area contributed by atoms with E-state index in [4.69, 9.17) is 15.2 Å². The van der Waals surface area contributed by atoms with Crippen molar-refractivity contribution in [3.05, 3.63) is 29.3 Å². The topological polar surface area (TPSA) is 73.6 Å². The number of anilines is 1. The molecular weight excluding hydrogens is 256 g/mol. The van der Waals surface area contributed by atoms with E-state index in [1.165, 1.54) is 0 Å². The first-order chi connectivity index (χ1) is 9.66. The van der Waals surface area contributed by atoms with Crippen molar-refractivity contribution >= 4 is 11.6 Å². The largest absolute Gasteiger partial charge is 0.398 e. The summed E-state index contributed by atoms with van der Waals surface area (Å²) in [7, 11) is 1.65. The summed E-state index contributed by atoms with van der Waals surface area (Å²) in [6.45, 7) is 4.42. The average Bonchev–Trinajstić information content (AvgIpc) is 2.44. The minimum atomic E-state index is -0.0740. The van der Waals surface area contributed by atoms with Crippen molar-refractivity contribution in [3.63, 3.8) is 0 Å². The lowest BCUT2D eigenvalue weighted by molar-refractivity contribution is 0.0686. The lowest BCUT2D eigenvalue weighted by Gasteiger charge is -2.09. The van der Waals surface area contributed by atoms with Crippen molar-refractivity contribution in [2.24, 2.45) is 0 Å². The van der Waals surface area contributed by atoms with Crippen LogP contribution in [0.1, 0.15) is 28.8 Å². The summed E-state index contributed by atoms with van der Waals surface area (Å²) in [6.07, 6.45) is 1.81. The molecule has 1 aromatic rings. The Morgan fingerprint density at radius 2 is 2.05 bits per heavy atom. The lowest BCUT2D eigenvalue weighted by Crippen LogP contribution is -2.25. The number of nitrogens with two attached hydrogens (primary N) is 1. The maximum Gasteiger partial charge on any atom is 0.251 e. The van der Waals surface area contributed by atoms with Crippen LogP contribution in [0.25, 0.3) is 0 Å². The molecule has 0 aromatic heterocycles. The van der Waals surface area contributed by atoms with E-state index < -0.39 is 0 Å². The Bertz CT molecular complexity index is 422. The van der Waals surface area contributed by atoms with Crippen molar-refractivity contribution in [2.45, 2.75) is 19.8 Å². The molecule has 0 radical (unpaired) electrons. The van der Waals surface area contributed by atoms with Gasteiger partial charge in [-0.2, -0.15) is 0 Å². The zero-order chi connectivity index (χ0) is 14.8. The number of nitrogens with one attached hydrogen (secondary N) is 1.